The van der Waals surface area contributed by atoms with Gasteiger partial charge in [-0.1, -0.05) is 24.3 Å². The van der Waals surface area contributed by atoms with Gasteiger partial charge in [0.15, 0.2) is 0 Å². The van der Waals surface area contributed by atoms with Gasteiger partial charge in [-0.3, -0.25) is 4.79 Å². The van der Waals surface area contributed by atoms with Crippen molar-refractivity contribution in [1.29, 1.82) is 0 Å². The lowest BCUT2D eigenvalue weighted by atomic mass is 10.2. The van der Waals surface area contributed by atoms with Crippen LogP contribution in [0.15, 0.2) is 41.8 Å². The lowest BCUT2D eigenvalue weighted by molar-refractivity contribution is 0.0734. The van der Waals surface area contributed by atoms with Crippen molar-refractivity contribution in [1.82, 2.24) is 4.90 Å². The van der Waals surface area contributed by atoms with Gasteiger partial charge in [0.2, 0.25) is 0 Å². The topological polar surface area (TPSA) is 63.7 Å². The fourth-order valence-electron chi connectivity index (χ4n) is 2.36. The highest BCUT2D eigenvalue weighted by atomic mass is 32.2. The maximum Gasteiger partial charge on any atom is 0.306 e. The molecular formula is C16H17NO4S2. The molecule has 0 aliphatic heterocycles. The first kappa shape index (κ1) is 16.0. The second-order valence-corrected chi connectivity index (χ2v) is 8.06. The summed E-state index contributed by atoms with van der Waals surface area (Å²) >= 11 is 1.41. The number of para-hydroxylation sites is 1. The molecule has 1 heterocycles. The van der Waals surface area contributed by atoms with Crippen LogP contribution in [0.2, 0.25) is 0 Å². The van der Waals surface area contributed by atoms with E-state index in [0.29, 0.717) is 17.0 Å². The highest BCUT2D eigenvalue weighted by Gasteiger charge is 2.34. The lowest BCUT2D eigenvalue weighted by Gasteiger charge is -2.23. The van der Waals surface area contributed by atoms with Crippen LogP contribution in [0.3, 0.4) is 0 Å². The Morgan fingerprint density at radius 2 is 2.00 bits per heavy atom. The number of amides is 1. The summed E-state index contributed by atoms with van der Waals surface area (Å²) in [5.41, 5.74) is 0.690. The molecule has 0 atom stereocenters. The highest BCUT2D eigenvalue weighted by molar-refractivity contribution is 7.86. The summed E-state index contributed by atoms with van der Waals surface area (Å²) in [6.45, 7) is 0.340. The number of thiophene rings is 1. The van der Waals surface area contributed by atoms with Crippen LogP contribution in [0.1, 0.15) is 28.1 Å². The number of nitrogens with zero attached hydrogens (tertiary/aromatic N) is 1. The van der Waals surface area contributed by atoms with E-state index >= 15 is 0 Å². The third kappa shape index (κ3) is 4.11. The van der Waals surface area contributed by atoms with Gasteiger partial charge in [0.05, 0.1) is 17.7 Å². The van der Waals surface area contributed by atoms with Gasteiger partial charge in [-0.2, -0.15) is 8.42 Å². The third-order valence-corrected chi connectivity index (χ3v) is 4.88. The molecule has 0 bridgehead atoms. The summed E-state index contributed by atoms with van der Waals surface area (Å²) in [6, 6.07) is 10.8. The van der Waals surface area contributed by atoms with Crippen molar-refractivity contribution in [2.75, 3.05) is 6.26 Å². The molecule has 1 saturated carbocycles. The number of rotatable bonds is 6. The Hall–Kier alpha value is -1.86. The quantitative estimate of drug-likeness (QED) is 0.751. The zero-order valence-electron chi connectivity index (χ0n) is 12.6. The monoisotopic (exact) mass is 351 g/mol. The number of hydrogen-bond acceptors (Lipinski definition) is 5. The Balaban J connectivity index is 1.85. The van der Waals surface area contributed by atoms with Crippen LogP contribution in [-0.2, 0) is 16.7 Å². The van der Waals surface area contributed by atoms with Gasteiger partial charge in [-0.25, -0.2) is 0 Å². The van der Waals surface area contributed by atoms with Gasteiger partial charge in [0.1, 0.15) is 5.75 Å². The number of carbonyl (C=O) groups excluding carboxylic acids is 1. The summed E-state index contributed by atoms with van der Waals surface area (Å²) in [6.07, 6.45) is 2.97. The van der Waals surface area contributed by atoms with Gasteiger partial charge in [0, 0.05) is 11.6 Å². The van der Waals surface area contributed by atoms with Crippen LogP contribution in [0.4, 0.5) is 0 Å². The second-order valence-electron chi connectivity index (χ2n) is 5.54. The Labute approximate surface area is 139 Å². The predicted molar refractivity (Wildman–Crippen MR) is 89.1 cm³/mol. The zero-order chi connectivity index (χ0) is 16.4. The molecule has 0 saturated heterocycles. The average molecular weight is 351 g/mol. The van der Waals surface area contributed by atoms with E-state index in [0.717, 1.165) is 19.1 Å². The Morgan fingerprint density at radius 1 is 1.26 bits per heavy atom. The maximum atomic E-state index is 12.7. The van der Waals surface area contributed by atoms with Gasteiger partial charge in [-0.05, 0) is 30.4 Å². The van der Waals surface area contributed by atoms with E-state index in [1.165, 1.54) is 11.3 Å². The first-order valence-electron chi connectivity index (χ1n) is 7.26. The molecule has 7 heteroatoms. The molecule has 0 radical (unpaired) electrons. The Bertz CT molecular complexity index is 795. The summed E-state index contributed by atoms with van der Waals surface area (Å²) < 4.78 is 27.9. The van der Waals surface area contributed by atoms with E-state index in [1.807, 2.05) is 17.5 Å². The molecule has 1 aliphatic carbocycles. The summed E-state index contributed by atoms with van der Waals surface area (Å²) in [5, 5.41) is 1.87. The molecule has 5 nitrogen and oxygen atoms in total. The Morgan fingerprint density at radius 3 is 2.61 bits per heavy atom. The standard InChI is InChI=1S/C16H17NO4S2/c1-23(19,20)21-14-6-3-2-5-12(14)11-17(13-8-9-13)16(18)15-7-4-10-22-15/h2-7,10,13H,8-9,11H2,1H3. The largest absolute Gasteiger partial charge is 0.382 e. The molecule has 0 unspecified atom stereocenters. The van der Waals surface area contributed by atoms with Crippen molar-refractivity contribution in [2.24, 2.45) is 0 Å². The molecule has 1 aromatic heterocycles. The second kappa shape index (κ2) is 6.33. The SMILES string of the molecule is CS(=O)(=O)Oc1ccccc1CN(C(=O)c1cccs1)C1CC1. The van der Waals surface area contributed by atoms with Gasteiger partial charge in [-0.15, -0.1) is 11.3 Å². The van der Waals surface area contributed by atoms with Crippen LogP contribution >= 0.6 is 11.3 Å². The minimum absolute atomic E-state index is 0.0170. The summed E-state index contributed by atoms with van der Waals surface area (Å²) in [4.78, 5) is 15.2. The number of benzene rings is 1. The van der Waals surface area contributed by atoms with Crippen LogP contribution in [0.25, 0.3) is 0 Å². The van der Waals surface area contributed by atoms with Crippen molar-refractivity contribution in [3.8, 4) is 5.75 Å². The van der Waals surface area contributed by atoms with Crippen LogP contribution in [-0.4, -0.2) is 31.5 Å². The van der Waals surface area contributed by atoms with Gasteiger partial charge in [0.25, 0.3) is 5.91 Å². The van der Waals surface area contributed by atoms with E-state index in [2.05, 4.69) is 0 Å². The molecule has 1 aromatic carbocycles. The van der Waals surface area contributed by atoms with E-state index in [1.54, 1.807) is 29.2 Å². The van der Waals surface area contributed by atoms with Crippen LogP contribution in [0.5, 0.6) is 5.75 Å². The van der Waals surface area contributed by atoms with Crippen molar-refractivity contribution >= 4 is 27.4 Å². The molecular weight excluding hydrogens is 334 g/mol. The van der Waals surface area contributed by atoms with Gasteiger partial charge >= 0.3 is 10.1 Å². The minimum Gasteiger partial charge on any atom is -0.382 e. The fourth-order valence-corrected chi connectivity index (χ4v) is 3.52. The molecule has 122 valence electrons. The van der Waals surface area contributed by atoms with Crippen molar-refractivity contribution in [3.63, 3.8) is 0 Å². The highest BCUT2D eigenvalue weighted by Crippen LogP contribution is 2.32. The molecule has 3 rings (SSSR count). The summed E-state index contributed by atoms with van der Waals surface area (Å²) in [5.74, 6) is 0.260. The molecule has 1 amide bonds. The van der Waals surface area contributed by atoms with Crippen LogP contribution in [0, 0.1) is 0 Å². The van der Waals surface area contributed by atoms with E-state index < -0.39 is 10.1 Å². The fraction of sp³-hybridized carbons (Fsp3) is 0.312. The predicted octanol–water partition coefficient (Wildman–Crippen LogP) is 2.89. The molecule has 1 aliphatic rings. The molecule has 0 spiro atoms. The third-order valence-electron chi connectivity index (χ3n) is 3.53. The molecule has 1 fully saturated rings. The normalized spacial score (nSPS) is 14.5. The average Bonchev–Trinajstić information content (AvgIpc) is 3.17. The first-order chi connectivity index (χ1) is 10.9. The number of hydrogen-bond donors (Lipinski definition) is 0. The van der Waals surface area contributed by atoms with Crippen molar-refractivity contribution in [2.45, 2.75) is 25.4 Å². The first-order valence-corrected chi connectivity index (χ1v) is 9.95. The minimum atomic E-state index is -3.60. The maximum absolute atomic E-state index is 12.7. The van der Waals surface area contributed by atoms with E-state index in [9.17, 15) is 13.2 Å². The lowest BCUT2D eigenvalue weighted by Crippen LogP contribution is -2.32. The molecule has 0 N–H and O–H groups in total. The van der Waals surface area contributed by atoms with E-state index in [4.69, 9.17) is 4.18 Å². The van der Waals surface area contributed by atoms with Crippen LogP contribution < -0.4 is 4.18 Å². The van der Waals surface area contributed by atoms with Crippen molar-refractivity contribution in [3.05, 3.63) is 52.2 Å². The summed E-state index contributed by atoms with van der Waals surface area (Å²) in [7, 11) is -3.60. The zero-order valence-corrected chi connectivity index (χ0v) is 14.3. The van der Waals surface area contributed by atoms with Crippen molar-refractivity contribution < 1.29 is 17.4 Å². The smallest absolute Gasteiger partial charge is 0.306 e. The van der Waals surface area contributed by atoms with Gasteiger partial charge < -0.3 is 9.08 Å². The molecule has 23 heavy (non-hydrogen) atoms. The van der Waals surface area contributed by atoms with E-state index in [-0.39, 0.29) is 17.7 Å². The molecule has 2 aromatic rings. The Kier molecular flexibility index (Phi) is 4.41. The number of carbonyl (C=O) groups is 1.